The fourth-order valence-electron chi connectivity index (χ4n) is 1.20. The summed E-state index contributed by atoms with van der Waals surface area (Å²) < 4.78 is 21.8. The van der Waals surface area contributed by atoms with Crippen LogP contribution in [0.4, 0.5) is 11.4 Å². The molecule has 8 heteroatoms. The van der Waals surface area contributed by atoms with Gasteiger partial charge in [0.15, 0.2) is 0 Å². The zero-order valence-corrected chi connectivity index (χ0v) is 12.7. The molecule has 1 aromatic rings. The fourth-order valence-corrected chi connectivity index (χ4v) is 3.45. The summed E-state index contributed by atoms with van der Waals surface area (Å²) in [5.41, 5.74) is 6.58. The maximum atomic E-state index is 11.6. The predicted octanol–water partition coefficient (Wildman–Crippen LogP) is 1.64. The van der Waals surface area contributed by atoms with Gasteiger partial charge in [-0.25, -0.2) is 8.42 Å². The van der Waals surface area contributed by atoms with Crippen molar-refractivity contribution < 1.29 is 13.2 Å². The lowest BCUT2D eigenvalue weighted by atomic mass is 10.2. The van der Waals surface area contributed by atoms with Gasteiger partial charge in [-0.1, -0.05) is 11.6 Å². The molecular weight excluding hydrogens is 308 g/mol. The van der Waals surface area contributed by atoms with Crippen molar-refractivity contribution in [1.82, 2.24) is 0 Å². The van der Waals surface area contributed by atoms with Crippen LogP contribution in [0.15, 0.2) is 18.2 Å². The Kier molecular flexibility index (Phi) is 5.96. The Balaban J connectivity index is 2.41. The van der Waals surface area contributed by atoms with Gasteiger partial charge in [0, 0.05) is 17.0 Å². The third kappa shape index (κ3) is 6.70. The lowest BCUT2D eigenvalue weighted by Crippen LogP contribution is -2.16. The first kappa shape index (κ1) is 16.1. The number of sulfone groups is 1. The van der Waals surface area contributed by atoms with Crippen LogP contribution in [0.3, 0.4) is 0 Å². The molecule has 0 bridgehead atoms. The van der Waals surface area contributed by atoms with E-state index in [2.05, 4.69) is 5.32 Å². The topological polar surface area (TPSA) is 89.3 Å². The number of halogens is 1. The van der Waals surface area contributed by atoms with E-state index in [-0.39, 0.29) is 17.4 Å². The van der Waals surface area contributed by atoms with Crippen molar-refractivity contribution in [2.45, 2.75) is 0 Å². The molecule has 1 aromatic carbocycles. The molecule has 0 heterocycles. The molecule has 0 fully saturated rings. The summed E-state index contributed by atoms with van der Waals surface area (Å²) in [5.74, 6) is 0.371. The summed E-state index contributed by atoms with van der Waals surface area (Å²) in [4.78, 5) is 11.6. The van der Waals surface area contributed by atoms with Crippen LogP contribution >= 0.6 is 23.4 Å². The van der Waals surface area contributed by atoms with Gasteiger partial charge < -0.3 is 11.1 Å². The maximum absolute atomic E-state index is 11.6. The van der Waals surface area contributed by atoms with E-state index in [1.54, 1.807) is 18.2 Å². The zero-order chi connectivity index (χ0) is 14.5. The number of benzene rings is 1. The molecule has 3 N–H and O–H groups in total. The summed E-state index contributed by atoms with van der Waals surface area (Å²) in [6.45, 7) is 0. The van der Waals surface area contributed by atoms with Gasteiger partial charge >= 0.3 is 0 Å². The van der Waals surface area contributed by atoms with E-state index >= 15 is 0 Å². The number of thioether (sulfide) groups is 1. The lowest BCUT2D eigenvalue weighted by molar-refractivity contribution is -0.113. The second kappa shape index (κ2) is 7.02. The Morgan fingerprint density at radius 1 is 1.47 bits per heavy atom. The molecule has 0 aromatic heterocycles. The molecule has 0 aliphatic heterocycles. The van der Waals surface area contributed by atoms with Crippen molar-refractivity contribution in [3.05, 3.63) is 23.2 Å². The van der Waals surface area contributed by atoms with E-state index < -0.39 is 9.84 Å². The molecule has 5 nitrogen and oxygen atoms in total. The van der Waals surface area contributed by atoms with Crippen molar-refractivity contribution in [2.75, 3.05) is 34.6 Å². The number of rotatable bonds is 6. The van der Waals surface area contributed by atoms with Crippen LogP contribution in [0.1, 0.15) is 0 Å². The molecule has 0 saturated heterocycles. The molecule has 0 radical (unpaired) electrons. The number of anilines is 2. The molecule has 0 atom stereocenters. The van der Waals surface area contributed by atoms with Gasteiger partial charge in [0.05, 0.1) is 22.9 Å². The summed E-state index contributed by atoms with van der Waals surface area (Å²) in [6.07, 6.45) is 1.17. The Morgan fingerprint density at radius 2 is 2.16 bits per heavy atom. The average molecular weight is 323 g/mol. The average Bonchev–Trinajstić information content (AvgIpc) is 2.28. The number of nitrogens with one attached hydrogen (secondary N) is 1. The van der Waals surface area contributed by atoms with Gasteiger partial charge in [-0.3, -0.25) is 4.79 Å². The summed E-state index contributed by atoms with van der Waals surface area (Å²) >= 11 is 7.05. The highest BCUT2D eigenvalue weighted by Gasteiger charge is 2.07. The van der Waals surface area contributed by atoms with E-state index in [9.17, 15) is 13.2 Å². The highest BCUT2D eigenvalue weighted by molar-refractivity contribution is 8.01. The van der Waals surface area contributed by atoms with Crippen LogP contribution in [-0.2, 0) is 14.6 Å². The standard InChI is InChI=1S/C11H15ClN2O3S2/c1-19(16,17)5-4-18-7-11(15)14-10-6-8(12)2-3-9(10)13/h2-3,6H,4-5,7,13H2,1H3,(H,14,15). The normalized spacial score (nSPS) is 11.3. The SMILES string of the molecule is CS(=O)(=O)CCSCC(=O)Nc1cc(Cl)ccc1N. The number of nitrogens with two attached hydrogens (primary N) is 1. The smallest absolute Gasteiger partial charge is 0.234 e. The predicted molar refractivity (Wildman–Crippen MR) is 81.5 cm³/mol. The van der Waals surface area contributed by atoms with Crippen LogP contribution < -0.4 is 11.1 Å². The second-order valence-electron chi connectivity index (χ2n) is 3.96. The van der Waals surface area contributed by atoms with Gasteiger partial charge in [-0.05, 0) is 18.2 Å². The first-order chi connectivity index (χ1) is 8.78. The molecule has 1 amide bonds. The van der Waals surface area contributed by atoms with Crippen LogP contribution in [-0.4, -0.2) is 37.8 Å². The fraction of sp³-hybridized carbons (Fsp3) is 0.364. The van der Waals surface area contributed by atoms with Crippen molar-refractivity contribution >= 4 is 50.5 Å². The van der Waals surface area contributed by atoms with Gasteiger partial charge in [-0.2, -0.15) is 11.8 Å². The number of hydrogen-bond donors (Lipinski definition) is 2. The lowest BCUT2D eigenvalue weighted by Gasteiger charge is -2.08. The number of nitrogen functional groups attached to an aromatic ring is 1. The maximum Gasteiger partial charge on any atom is 0.234 e. The van der Waals surface area contributed by atoms with Crippen molar-refractivity contribution in [3.63, 3.8) is 0 Å². The Hall–Kier alpha value is -0.920. The second-order valence-corrected chi connectivity index (χ2v) is 7.76. The van der Waals surface area contributed by atoms with E-state index in [1.807, 2.05) is 0 Å². The summed E-state index contributed by atoms with van der Waals surface area (Å²) in [6, 6.07) is 4.80. The first-order valence-electron chi connectivity index (χ1n) is 5.38. The molecule has 0 aliphatic rings. The summed E-state index contributed by atoms with van der Waals surface area (Å²) in [5, 5.41) is 3.11. The Labute approximate surface area is 121 Å². The molecule has 0 unspecified atom stereocenters. The zero-order valence-electron chi connectivity index (χ0n) is 10.3. The molecule has 0 spiro atoms. The quantitative estimate of drug-likeness (QED) is 0.614. The minimum Gasteiger partial charge on any atom is -0.397 e. The van der Waals surface area contributed by atoms with Gasteiger partial charge in [0.2, 0.25) is 5.91 Å². The number of amides is 1. The van der Waals surface area contributed by atoms with Crippen molar-refractivity contribution in [3.8, 4) is 0 Å². The highest BCUT2D eigenvalue weighted by Crippen LogP contribution is 2.23. The van der Waals surface area contributed by atoms with Crippen LogP contribution in [0, 0.1) is 0 Å². The van der Waals surface area contributed by atoms with E-state index in [0.717, 1.165) is 0 Å². The van der Waals surface area contributed by atoms with Gasteiger partial charge in [0.25, 0.3) is 0 Å². The van der Waals surface area contributed by atoms with Crippen LogP contribution in [0.5, 0.6) is 0 Å². The third-order valence-corrected chi connectivity index (χ3v) is 4.52. The van der Waals surface area contributed by atoms with E-state index in [0.29, 0.717) is 22.2 Å². The Bertz CT molecular complexity index is 561. The largest absolute Gasteiger partial charge is 0.397 e. The molecular formula is C11H15ClN2O3S2. The van der Waals surface area contributed by atoms with Crippen LogP contribution in [0.2, 0.25) is 5.02 Å². The number of carbonyl (C=O) groups excluding carboxylic acids is 1. The summed E-state index contributed by atoms with van der Waals surface area (Å²) in [7, 11) is -2.98. The highest BCUT2D eigenvalue weighted by atomic mass is 35.5. The van der Waals surface area contributed by atoms with E-state index in [4.69, 9.17) is 17.3 Å². The van der Waals surface area contributed by atoms with Gasteiger partial charge in [0.1, 0.15) is 9.84 Å². The molecule has 0 aliphatic carbocycles. The van der Waals surface area contributed by atoms with Crippen LogP contribution in [0.25, 0.3) is 0 Å². The molecule has 106 valence electrons. The van der Waals surface area contributed by atoms with Gasteiger partial charge in [-0.15, -0.1) is 0 Å². The third-order valence-electron chi connectivity index (χ3n) is 2.12. The number of carbonyl (C=O) groups is 1. The molecule has 19 heavy (non-hydrogen) atoms. The molecule has 0 saturated carbocycles. The Morgan fingerprint density at radius 3 is 2.79 bits per heavy atom. The first-order valence-corrected chi connectivity index (χ1v) is 8.97. The minimum atomic E-state index is -2.98. The minimum absolute atomic E-state index is 0.0598. The van der Waals surface area contributed by atoms with E-state index in [1.165, 1.54) is 18.0 Å². The molecule has 1 rings (SSSR count). The number of hydrogen-bond acceptors (Lipinski definition) is 5. The monoisotopic (exact) mass is 322 g/mol. The van der Waals surface area contributed by atoms with Crippen molar-refractivity contribution in [1.29, 1.82) is 0 Å². The van der Waals surface area contributed by atoms with Crippen molar-refractivity contribution in [2.24, 2.45) is 0 Å².